The number of nitrogens with two attached hydrogens (primary N) is 1. The number of fused-ring (bicyclic) bond motifs is 1. The van der Waals surface area contributed by atoms with Gasteiger partial charge in [-0.3, -0.25) is 0 Å². The fourth-order valence-electron chi connectivity index (χ4n) is 3.43. The monoisotopic (exact) mass is 273 g/mol. The maximum absolute atomic E-state index is 6.61. The molecule has 3 rings (SSSR count). The third-order valence-corrected chi connectivity index (χ3v) is 5.07. The lowest BCUT2D eigenvalue weighted by Gasteiger charge is -2.32. The predicted octanol–water partition coefficient (Wildman–Crippen LogP) is 5.07. The van der Waals surface area contributed by atoms with Crippen molar-refractivity contribution < 1.29 is 0 Å². The van der Waals surface area contributed by atoms with Crippen LogP contribution in [0.15, 0.2) is 36.4 Å². The normalized spacial score (nSPS) is 19.7. The van der Waals surface area contributed by atoms with Crippen molar-refractivity contribution in [2.45, 2.75) is 38.6 Å². The van der Waals surface area contributed by atoms with Crippen LogP contribution in [0.25, 0.3) is 10.8 Å². The van der Waals surface area contributed by atoms with E-state index < -0.39 is 0 Å². The van der Waals surface area contributed by atoms with E-state index in [0.29, 0.717) is 0 Å². The minimum Gasteiger partial charge on any atom is -0.323 e. The quantitative estimate of drug-likeness (QED) is 0.812. The van der Waals surface area contributed by atoms with Crippen LogP contribution in [0.1, 0.15) is 44.2 Å². The Hall–Kier alpha value is -1.05. The molecule has 1 atom stereocenters. The molecule has 100 valence electrons. The number of rotatable bonds is 2. The fraction of sp³-hybridized carbons (Fsp3) is 0.412. The third kappa shape index (κ3) is 2.15. The predicted molar refractivity (Wildman–Crippen MR) is 82.5 cm³/mol. The van der Waals surface area contributed by atoms with Gasteiger partial charge in [-0.1, -0.05) is 61.7 Å². The lowest BCUT2D eigenvalue weighted by molar-refractivity contribution is 0.267. The van der Waals surface area contributed by atoms with E-state index in [2.05, 4.69) is 31.2 Å². The van der Waals surface area contributed by atoms with Crippen molar-refractivity contribution in [2.75, 3.05) is 0 Å². The van der Waals surface area contributed by atoms with Gasteiger partial charge in [0.15, 0.2) is 0 Å². The first-order chi connectivity index (χ1) is 9.12. The van der Waals surface area contributed by atoms with Crippen molar-refractivity contribution in [2.24, 2.45) is 11.1 Å². The topological polar surface area (TPSA) is 26.0 Å². The minimum absolute atomic E-state index is 0.0946. The van der Waals surface area contributed by atoms with E-state index in [1.807, 2.05) is 12.1 Å². The summed E-state index contributed by atoms with van der Waals surface area (Å²) in [6.07, 6.45) is 5.06. The molecule has 1 nitrogen and oxygen atoms in total. The average molecular weight is 274 g/mol. The Bertz CT molecular complexity index is 599. The largest absolute Gasteiger partial charge is 0.323 e. The molecule has 1 unspecified atom stereocenters. The second kappa shape index (κ2) is 4.81. The number of halogens is 1. The molecule has 0 saturated heterocycles. The highest BCUT2D eigenvalue weighted by Gasteiger charge is 2.36. The summed E-state index contributed by atoms with van der Waals surface area (Å²) in [6, 6.07) is 12.5. The molecule has 1 saturated carbocycles. The summed E-state index contributed by atoms with van der Waals surface area (Å²) in [5, 5.41) is 3.12. The van der Waals surface area contributed by atoms with Gasteiger partial charge >= 0.3 is 0 Å². The molecule has 1 aliphatic rings. The van der Waals surface area contributed by atoms with E-state index in [-0.39, 0.29) is 11.5 Å². The van der Waals surface area contributed by atoms with E-state index in [1.54, 1.807) is 0 Å². The number of benzene rings is 2. The SMILES string of the molecule is CC1(C(N)c2ccc(Cl)c3ccccc23)CCCC1. The lowest BCUT2D eigenvalue weighted by atomic mass is 9.76. The lowest BCUT2D eigenvalue weighted by Crippen LogP contribution is -2.29. The summed E-state index contributed by atoms with van der Waals surface area (Å²) >= 11 is 6.29. The molecule has 2 N–H and O–H groups in total. The van der Waals surface area contributed by atoms with Crippen molar-refractivity contribution in [1.29, 1.82) is 0 Å². The summed E-state index contributed by atoms with van der Waals surface area (Å²) in [6.45, 7) is 2.33. The van der Waals surface area contributed by atoms with Crippen LogP contribution >= 0.6 is 11.6 Å². The van der Waals surface area contributed by atoms with E-state index in [1.165, 1.54) is 36.6 Å². The average Bonchev–Trinajstić information content (AvgIpc) is 2.87. The Balaban J connectivity index is 2.12. The second-order valence-corrected chi connectivity index (χ2v) is 6.43. The summed E-state index contributed by atoms with van der Waals surface area (Å²) in [5.74, 6) is 0. The van der Waals surface area contributed by atoms with Gasteiger partial charge < -0.3 is 5.73 Å². The van der Waals surface area contributed by atoms with Crippen LogP contribution in [0, 0.1) is 5.41 Å². The maximum Gasteiger partial charge on any atom is 0.0484 e. The highest BCUT2D eigenvalue weighted by Crippen LogP contribution is 2.47. The molecule has 0 radical (unpaired) electrons. The molecule has 0 aromatic heterocycles. The van der Waals surface area contributed by atoms with Gasteiger partial charge in [0.05, 0.1) is 0 Å². The molecule has 2 aromatic rings. The van der Waals surface area contributed by atoms with Crippen LogP contribution in [0.4, 0.5) is 0 Å². The fourth-order valence-corrected chi connectivity index (χ4v) is 3.65. The van der Waals surface area contributed by atoms with E-state index in [0.717, 1.165) is 10.4 Å². The molecular formula is C17H20ClN. The smallest absolute Gasteiger partial charge is 0.0484 e. The molecule has 1 fully saturated rings. The number of hydrogen-bond donors (Lipinski definition) is 1. The first-order valence-corrected chi connectivity index (χ1v) is 7.42. The summed E-state index contributed by atoms with van der Waals surface area (Å²) in [7, 11) is 0. The van der Waals surface area contributed by atoms with Crippen molar-refractivity contribution >= 4 is 22.4 Å². The standard InChI is InChI=1S/C17H20ClN/c1-17(10-4-5-11-17)16(19)14-8-9-15(18)13-7-3-2-6-12(13)14/h2-3,6-9,16H,4-5,10-11,19H2,1H3. The van der Waals surface area contributed by atoms with E-state index >= 15 is 0 Å². The molecule has 0 bridgehead atoms. The van der Waals surface area contributed by atoms with Gasteiger partial charge in [0.2, 0.25) is 0 Å². The Kier molecular flexibility index (Phi) is 3.28. The highest BCUT2D eigenvalue weighted by molar-refractivity contribution is 6.35. The maximum atomic E-state index is 6.61. The van der Waals surface area contributed by atoms with Gasteiger partial charge in [-0.05, 0) is 35.3 Å². The Morgan fingerprint density at radius 2 is 1.68 bits per heavy atom. The van der Waals surface area contributed by atoms with E-state index in [4.69, 9.17) is 17.3 Å². The van der Waals surface area contributed by atoms with Crippen LogP contribution in [-0.2, 0) is 0 Å². The van der Waals surface area contributed by atoms with Gasteiger partial charge in [0.1, 0.15) is 0 Å². The van der Waals surface area contributed by atoms with Crippen LogP contribution in [-0.4, -0.2) is 0 Å². The molecule has 0 spiro atoms. The molecule has 0 heterocycles. The molecule has 0 aliphatic heterocycles. The first-order valence-electron chi connectivity index (χ1n) is 7.04. The van der Waals surface area contributed by atoms with Gasteiger partial charge in [-0.25, -0.2) is 0 Å². The minimum atomic E-state index is 0.0946. The van der Waals surface area contributed by atoms with Crippen LogP contribution < -0.4 is 5.73 Å². The Morgan fingerprint density at radius 1 is 1.05 bits per heavy atom. The molecule has 19 heavy (non-hydrogen) atoms. The van der Waals surface area contributed by atoms with E-state index in [9.17, 15) is 0 Å². The molecule has 0 amide bonds. The van der Waals surface area contributed by atoms with Crippen LogP contribution in [0.5, 0.6) is 0 Å². The summed E-state index contributed by atoms with van der Waals surface area (Å²) < 4.78 is 0. The molecule has 1 aliphatic carbocycles. The van der Waals surface area contributed by atoms with Gasteiger partial charge in [-0.15, -0.1) is 0 Å². The summed E-state index contributed by atoms with van der Waals surface area (Å²) in [4.78, 5) is 0. The second-order valence-electron chi connectivity index (χ2n) is 6.02. The Morgan fingerprint density at radius 3 is 2.37 bits per heavy atom. The molecule has 2 aromatic carbocycles. The van der Waals surface area contributed by atoms with Crippen molar-refractivity contribution in [3.05, 3.63) is 47.0 Å². The molecule has 2 heteroatoms. The van der Waals surface area contributed by atoms with Crippen LogP contribution in [0.3, 0.4) is 0 Å². The number of hydrogen-bond acceptors (Lipinski definition) is 1. The Labute approximate surface area is 119 Å². The van der Waals surface area contributed by atoms with Crippen molar-refractivity contribution in [1.82, 2.24) is 0 Å². The zero-order chi connectivity index (χ0) is 13.5. The third-order valence-electron chi connectivity index (χ3n) is 4.74. The highest BCUT2D eigenvalue weighted by atomic mass is 35.5. The first kappa shape index (κ1) is 13.0. The zero-order valence-corrected chi connectivity index (χ0v) is 12.1. The van der Waals surface area contributed by atoms with Gasteiger partial charge in [0.25, 0.3) is 0 Å². The van der Waals surface area contributed by atoms with Gasteiger partial charge in [-0.2, -0.15) is 0 Å². The van der Waals surface area contributed by atoms with Crippen molar-refractivity contribution in [3.8, 4) is 0 Å². The summed E-state index contributed by atoms with van der Waals surface area (Å²) in [5.41, 5.74) is 8.08. The van der Waals surface area contributed by atoms with Crippen LogP contribution in [0.2, 0.25) is 5.02 Å². The van der Waals surface area contributed by atoms with Gasteiger partial charge in [0, 0.05) is 16.5 Å². The zero-order valence-electron chi connectivity index (χ0n) is 11.3. The van der Waals surface area contributed by atoms with Crippen molar-refractivity contribution in [3.63, 3.8) is 0 Å². The molecular weight excluding hydrogens is 254 g/mol.